The predicted molar refractivity (Wildman–Crippen MR) is 118 cm³/mol. The van der Waals surface area contributed by atoms with Crippen molar-refractivity contribution in [2.45, 2.75) is 59.4 Å². The van der Waals surface area contributed by atoms with Gasteiger partial charge in [0.1, 0.15) is 0 Å². The Bertz CT molecular complexity index is 818. The Balaban J connectivity index is 3.45. The number of Topliss-reactive ketones (excluding diaryl/α,β-unsaturated/α-hetero) is 1. The van der Waals surface area contributed by atoms with Crippen LogP contribution in [0, 0.1) is 11.6 Å². The molecule has 0 aliphatic heterocycles. The zero-order chi connectivity index (χ0) is 22.1. The molecule has 0 radical (unpaired) electrons. The predicted octanol–water partition coefficient (Wildman–Crippen LogP) is 6.57. The number of rotatable bonds is 11. The summed E-state index contributed by atoms with van der Waals surface area (Å²) in [7, 11) is 1.99. The lowest BCUT2D eigenvalue weighted by atomic mass is 10.0. The lowest BCUT2D eigenvalue weighted by Gasteiger charge is -2.31. The number of carbonyl (C=O) groups is 1. The molecule has 1 aromatic carbocycles. The SMILES string of the molecule is C=C/C(=C(\C=C(/C)c1ccc(C(C)=O)c(F)c1F)N=C)N(C)C(CCC)CCC. The van der Waals surface area contributed by atoms with Crippen molar-refractivity contribution >= 4 is 18.1 Å². The molecule has 158 valence electrons. The van der Waals surface area contributed by atoms with Crippen LogP contribution in [0.2, 0.25) is 0 Å². The second-order valence-electron chi connectivity index (χ2n) is 7.15. The second kappa shape index (κ2) is 11.4. The van der Waals surface area contributed by atoms with Crippen LogP contribution in [0.4, 0.5) is 8.78 Å². The minimum absolute atomic E-state index is 0.0818. The van der Waals surface area contributed by atoms with Gasteiger partial charge in [0.15, 0.2) is 17.4 Å². The molecule has 0 saturated heterocycles. The fourth-order valence-corrected chi connectivity index (χ4v) is 3.43. The fraction of sp³-hybridized carbons (Fsp3) is 0.417. The van der Waals surface area contributed by atoms with E-state index in [1.54, 1.807) is 19.1 Å². The Hall–Kier alpha value is -2.56. The van der Waals surface area contributed by atoms with Gasteiger partial charge in [-0.05, 0) is 57.2 Å². The maximum absolute atomic E-state index is 14.5. The second-order valence-corrected chi connectivity index (χ2v) is 7.15. The number of likely N-dealkylation sites (N-methyl/N-ethyl adjacent to an activating group) is 1. The summed E-state index contributed by atoms with van der Waals surface area (Å²) >= 11 is 0. The zero-order valence-corrected chi connectivity index (χ0v) is 18.2. The molecule has 0 amide bonds. The van der Waals surface area contributed by atoms with E-state index < -0.39 is 17.4 Å². The Kier molecular flexibility index (Phi) is 9.66. The van der Waals surface area contributed by atoms with E-state index in [4.69, 9.17) is 0 Å². The maximum Gasteiger partial charge on any atom is 0.170 e. The van der Waals surface area contributed by atoms with Crippen LogP contribution in [0.5, 0.6) is 0 Å². The zero-order valence-electron chi connectivity index (χ0n) is 18.2. The number of ketones is 1. The van der Waals surface area contributed by atoms with Gasteiger partial charge < -0.3 is 4.90 Å². The van der Waals surface area contributed by atoms with Crippen molar-refractivity contribution in [2.24, 2.45) is 4.99 Å². The molecule has 1 rings (SSSR count). The van der Waals surface area contributed by atoms with Gasteiger partial charge in [-0.25, -0.2) is 8.78 Å². The molecule has 0 saturated carbocycles. The molecule has 0 bridgehead atoms. The molecule has 0 unspecified atom stereocenters. The number of hydrogen-bond acceptors (Lipinski definition) is 3. The quantitative estimate of drug-likeness (QED) is 0.238. The summed E-state index contributed by atoms with van der Waals surface area (Å²) in [6.45, 7) is 14.7. The molecule has 0 aliphatic carbocycles. The van der Waals surface area contributed by atoms with Gasteiger partial charge >= 0.3 is 0 Å². The number of nitrogens with zero attached hydrogens (tertiary/aromatic N) is 2. The largest absolute Gasteiger partial charge is 0.370 e. The van der Waals surface area contributed by atoms with Crippen LogP contribution in [-0.2, 0) is 0 Å². The van der Waals surface area contributed by atoms with Gasteiger partial charge in [0, 0.05) is 18.7 Å². The van der Waals surface area contributed by atoms with Crippen LogP contribution in [0.25, 0.3) is 5.57 Å². The highest BCUT2D eigenvalue weighted by Gasteiger charge is 2.19. The third-order valence-electron chi connectivity index (χ3n) is 5.04. The molecule has 3 nitrogen and oxygen atoms in total. The first kappa shape index (κ1) is 24.5. The first-order valence-corrected chi connectivity index (χ1v) is 9.97. The smallest absolute Gasteiger partial charge is 0.170 e. The lowest BCUT2D eigenvalue weighted by Crippen LogP contribution is -2.31. The fourth-order valence-electron chi connectivity index (χ4n) is 3.43. The summed E-state index contributed by atoms with van der Waals surface area (Å²) in [6, 6.07) is 3.04. The average molecular weight is 403 g/mol. The van der Waals surface area contributed by atoms with Gasteiger partial charge in [-0.2, -0.15) is 0 Å². The summed E-state index contributed by atoms with van der Waals surface area (Å²) in [5, 5.41) is 0. The third-order valence-corrected chi connectivity index (χ3v) is 5.04. The Labute approximate surface area is 173 Å². The summed E-state index contributed by atoms with van der Waals surface area (Å²) in [6.07, 6.45) is 7.54. The van der Waals surface area contributed by atoms with E-state index >= 15 is 0 Å². The number of hydrogen-bond donors (Lipinski definition) is 0. The molecule has 0 atom stereocenters. The van der Waals surface area contributed by atoms with Crippen molar-refractivity contribution in [3.05, 3.63) is 65.0 Å². The van der Waals surface area contributed by atoms with E-state index in [0.717, 1.165) is 31.4 Å². The van der Waals surface area contributed by atoms with Crippen LogP contribution >= 0.6 is 0 Å². The molecule has 1 aromatic rings. The third kappa shape index (κ3) is 5.96. The molecular formula is C24H32F2N2O. The summed E-state index contributed by atoms with van der Waals surface area (Å²) in [4.78, 5) is 17.7. The number of carbonyl (C=O) groups excluding carboxylic acids is 1. The van der Waals surface area contributed by atoms with Gasteiger partial charge in [-0.15, -0.1) is 0 Å². The van der Waals surface area contributed by atoms with E-state index in [0.29, 0.717) is 17.3 Å². The van der Waals surface area contributed by atoms with Gasteiger partial charge in [0.25, 0.3) is 0 Å². The normalized spacial score (nSPS) is 12.6. The topological polar surface area (TPSA) is 32.7 Å². The van der Waals surface area contributed by atoms with Gasteiger partial charge in [-0.1, -0.05) is 39.3 Å². The molecule has 0 aliphatic rings. The Morgan fingerprint density at radius 3 is 2.10 bits per heavy atom. The van der Waals surface area contributed by atoms with Crippen molar-refractivity contribution < 1.29 is 13.6 Å². The summed E-state index contributed by atoms with van der Waals surface area (Å²) < 4.78 is 28.8. The molecule has 0 aromatic heterocycles. The average Bonchev–Trinajstić information content (AvgIpc) is 2.68. The van der Waals surface area contributed by atoms with E-state index in [2.05, 4.69) is 37.0 Å². The first-order valence-electron chi connectivity index (χ1n) is 9.97. The van der Waals surface area contributed by atoms with Crippen molar-refractivity contribution in [3.8, 4) is 0 Å². The number of halogens is 2. The van der Waals surface area contributed by atoms with E-state index in [9.17, 15) is 13.6 Å². The monoisotopic (exact) mass is 402 g/mol. The molecule has 0 spiro atoms. The van der Waals surface area contributed by atoms with Gasteiger partial charge in [0.2, 0.25) is 0 Å². The van der Waals surface area contributed by atoms with Gasteiger partial charge in [0.05, 0.1) is 17.0 Å². The standard InChI is InChI=1S/C24H32F2N2O/c1-8-11-18(12-9-2)28(7)22(10-3)21(27-6)15-16(4)19-13-14-20(17(5)29)24(26)23(19)25/h10,13-15,18H,3,6,8-9,11-12H2,1-2,4-5,7H3/b16-15+,22-21-. The highest BCUT2D eigenvalue weighted by molar-refractivity contribution is 5.94. The Morgan fingerprint density at radius 2 is 1.66 bits per heavy atom. The highest BCUT2D eigenvalue weighted by Crippen LogP contribution is 2.27. The van der Waals surface area contributed by atoms with E-state index in [1.165, 1.54) is 19.1 Å². The maximum atomic E-state index is 14.5. The molecule has 0 fully saturated rings. The minimum atomic E-state index is -1.13. The molecule has 0 heterocycles. The summed E-state index contributed by atoms with van der Waals surface area (Å²) in [5.41, 5.74) is 1.62. The van der Waals surface area contributed by atoms with Crippen molar-refractivity contribution in [1.82, 2.24) is 4.90 Å². The molecule has 5 heteroatoms. The highest BCUT2D eigenvalue weighted by atomic mass is 19.2. The first-order chi connectivity index (χ1) is 13.7. The number of aliphatic imine (C=N–C) groups is 1. The Morgan fingerprint density at radius 1 is 1.14 bits per heavy atom. The lowest BCUT2D eigenvalue weighted by molar-refractivity contribution is 0.101. The van der Waals surface area contributed by atoms with E-state index in [-0.39, 0.29) is 11.1 Å². The molecule has 0 N–H and O–H groups in total. The number of benzene rings is 1. The van der Waals surface area contributed by atoms with Crippen LogP contribution in [0.15, 0.2) is 47.3 Å². The van der Waals surface area contributed by atoms with Gasteiger partial charge in [-0.3, -0.25) is 9.79 Å². The van der Waals surface area contributed by atoms with Crippen LogP contribution in [0.3, 0.4) is 0 Å². The van der Waals surface area contributed by atoms with Crippen molar-refractivity contribution in [3.63, 3.8) is 0 Å². The van der Waals surface area contributed by atoms with Crippen molar-refractivity contribution in [1.29, 1.82) is 0 Å². The van der Waals surface area contributed by atoms with Crippen molar-refractivity contribution in [2.75, 3.05) is 7.05 Å². The van der Waals surface area contributed by atoms with Crippen LogP contribution in [0.1, 0.15) is 69.3 Å². The molecule has 29 heavy (non-hydrogen) atoms. The summed E-state index contributed by atoms with van der Waals surface area (Å²) in [5.74, 6) is -2.69. The number of allylic oxidation sites excluding steroid dienone is 3. The van der Waals surface area contributed by atoms with Crippen LogP contribution < -0.4 is 0 Å². The van der Waals surface area contributed by atoms with E-state index in [1.807, 2.05) is 7.05 Å². The van der Waals surface area contributed by atoms with Crippen LogP contribution in [-0.4, -0.2) is 30.5 Å². The molecular weight excluding hydrogens is 370 g/mol. The minimum Gasteiger partial charge on any atom is -0.370 e.